The van der Waals surface area contributed by atoms with E-state index in [1.54, 1.807) is 0 Å². The van der Waals surface area contributed by atoms with Gasteiger partial charge in [0, 0.05) is 26.5 Å². The third-order valence-electron chi connectivity index (χ3n) is 2.71. The zero-order chi connectivity index (χ0) is 15.8. The second-order valence-corrected chi connectivity index (χ2v) is 6.21. The maximum atomic E-state index is 12.3. The zero-order valence-electron chi connectivity index (χ0n) is 11.1. The maximum Gasteiger partial charge on any atom is 0.330 e. The van der Waals surface area contributed by atoms with Crippen LogP contribution in [0.4, 0.5) is 5.69 Å². The fourth-order valence-corrected chi connectivity index (χ4v) is 3.07. The van der Waals surface area contributed by atoms with Crippen LogP contribution in [0.5, 0.6) is 0 Å². The first-order valence-corrected chi connectivity index (χ1v) is 7.50. The van der Waals surface area contributed by atoms with Crippen molar-refractivity contribution in [2.24, 2.45) is 14.1 Å². The lowest BCUT2D eigenvalue weighted by Gasteiger charge is -2.10. The molecule has 2 heterocycles. The van der Waals surface area contributed by atoms with Crippen LogP contribution in [0.15, 0.2) is 39.0 Å². The first-order chi connectivity index (χ1) is 9.74. The Balaban J connectivity index is 2.59. The Morgan fingerprint density at radius 3 is 2.57 bits per heavy atom. The zero-order valence-corrected chi connectivity index (χ0v) is 12.6. The number of aromatic nitrogens is 3. The summed E-state index contributed by atoms with van der Waals surface area (Å²) >= 11 is 5.77. The molecule has 0 saturated heterocycles. The molecule has 2 rings (SSSR count). The molecule has 2 aromatic rings. The fourth-order valence-electron chi connectivity index (χ4n) is 1.62. The molecule has 0 aliphatic carbocycles. The molecular weight excluding hydrogens is 320 g/mol. The van der Waals surface area contributed by atoms with Gasteiger partial charge in [-0.3, -0.25) is 14.1 Å². The quantitative estimate of drug-likeness (QED) is 0.794. The van der Waals surface area contributed by atoms with Crippen molar-refractivity contribution < 1.29 is 8.42 Å². The summed E-state index contributed by atoms with van der Waals surface area (Å²) in [6.45, 7) is 0. The van der Waals surface area contributed by atoms with Gasteiger partial charge >= 0.3 is 5.69 Å². The molecule has 0 amide bonds. The van der Waals surface area contributed by atoms with Crippen molar-refractivity contribution in [2.45, 2.75) is 4.90 Å². The highest BCUT2D eigenvalue weighted by Gasteiger charge is 2.22. The van der Waals surface area contributed by atoms with E-state index in [-0.39, 0.29) is 10.8 Å². The van der Waals surface area contributed by atoms with Crippen LogP contribution >= 0.6 is 11.6 Å². The minimum atomic E-state index is -4.20. The Morgan fingerprint density at radius 1 is 1.29 bits per heavy atom. The van der Waals surface area contributed by atoms with Crippen molar-refractivity contribution in [1.82, 2.24) is 14.1 Å². The molecule has 0 aromatic carbocycles. The number of hydrogen-bond acceptors (Lipinski definition) is 5. The van der Waals surface area contributed by atoms with Crippen LogP contribution < -0.4 is 16.0 Å². The molecule has 0 aliphatic rings. The van der Waals surface area contributed by atoms with Gasteiger partial charge in [0.1, 0.15) is 0 Å². The number of hydrogen-bond donors (Lipinski definition) is 1. The van der Waals surface area contributed by atoms with Crippen molar-refractivity contribution in [3.05, 3.63) is 50.5 Å². The number of nitrogens with one attached hydrogen (secondary N) is 1. The third-order valence-corrected chi connectivity index (χ3v) is 4.36. The molecule has 0 unspecified atom stereocenters. The second kappa shape index (κ2) is 5.34. The molecule has 0 bridgehead atoms. The lowest BCUT2D eigenvalue weighted by molar-refractivity contribution is 0.589. The van der Waals surface area contributed by atoms with Crippen LogP contribution in [0.25, 0.3) is 0 Å². The molecular formula is C11H11ClN4O4S. The second-order valence-electron chi connectivity index (χ2n) is 4.20. The van der Waals surface area contributed by atoms with Crippen molar-refractivity contribution in [3.63, 3.8) is 0 Å². The van der Waals surface area contributed by atoms with Crippen LogP contribution in [0.2, 0.25) is 5.15 Å². The Bertz CT molecular complexity index is 917. The molecule has 21 heavy (non-hydrogen) atoms. The van der Waals surface area contributed by atoms with Crippen LogP contribution in [-0.4, -0.2) is 22.5 Å². The monoisotopic (exact) mass is 330 g/mol. The number of aryl methyl sites for hydroxylation is 1. The van der Waals surface area contributed by atoms with E-state index < -0.39 is 26.2 Å². The van der Waals surface area contributed by atoms with Crippen molar-refractivity contribution >= 4 is 27.3 Å². The fraction of sp³-hybridized carbons (Fsp3) is 0.182. The minimum Gasteiger partial charge on any atom is -0.302 e. The lowest BCUT2D eigenvalue weighted by atomic mass is 10.4. The molecule has 0 spiro atoms. The predicted octanol–water partition coefficient (Wildman–Crippen LogP) is -0.0668. The molecule has 0 aliphatic heterocycles. The number of sulfonamides is 1. The van der Waals surface area contributed by atoms with Gasteiger partial charge in [0.2, 0.25) is 0 Å². The smallest absolute Gasteiger partial charge is 0.302 e. The summed E-state index contributed by atoms with van der Waals surface area (Å²) in [4.78, 5) is 26.7. The summed E-state index contributed by atoms with van der Waals surface area (Å²) in [7, 11) is -1.66. The average Bonchev–Trinajstić information content (AvgIpc) is 2.42. The van der Waals surface area contributed by atoms with Crippen LogP contribution in [0, 0.1) is 0 Å². The normalized spacial score (nSPS) is 11.4. The Labute approximate surface area is 124 Å². The number of pyridine rings is 1. The van der Waals surface area contributed by atoms with Gasteiger partial charge in [-0.25, -0.2) is 18.2 Å². The van der Waals surface area contributed by atoms with E-state index in [4.69, 9.17) is 11.6 Å². The summed E-state index contributed by atoms with van der Waals surface area (Å²) in [5, 5.41) is -0.0530. The van der Waals surface area contributed by atoms with E-state index in [1.165, 1.54) is 32.4 Å². The topological polar surface area (TPSA) is 103 Å². The van der Waals surface area contributed by atoms with E-state index in [0.29, 0.717) is 4.57 Å². The molecule has 0 atom stereocenters. The van der Waals surface area contributed by atoms with Gasteiger partial charge in [-0.15, -0.1) is 0 Å². The molecule has 1 N–H and O–H groups in total. The molecule has 0 fully saturated rings. The van der Waals surface area contributed by atoms with Crippen molar-refractivity contribution in [2.75, 3.05) is 4.72 Å². The maximum absolute atomic E-state index is 12.3. The summed E-state index contributed by atoms with van der Waals surface area (Å²) in [5.74, 6) is 0. The largest absolute Gasteiger partial charge is 0.330 e. The Morgan fingerprint density at radius 2 is 1.95 bits per heavy atom. The summed E-state index contributed by atoms with van der Waals surface area (Å²) in [5.41, 5.74) is -1.51. The van der Waals surface area contributed by atoms with Crippen molar-refractivity contribution in [3.8, 4) is 0 Å². The molecule has 10 heteroatoms. The van der Waals surface area contributed by atoms with Gasteiger partial charge in [0.15, 0.2) is 10.0 Å². The average molecular weight is 331 g/mol. The third kappa shape index (κ3) is 2.83. The number of anilines is 1. The SMILES string of the molecule is Cn1cc(S(=O)(=O)Nc2cccnc2Cl)c(=O)n(C)c1=O. The van der Waals surface area contributed by atoms with Gasteiger partial charge in [-0.1, -0.05) is 11.6 Å². The van der Waals surface area contributed by atoms with Crippen LogP contribution in [-0.2, 0) is 24.1 Å². The first kappa shape index (κ1) is 15.3. The highest BCUT2D eigenvalue weighted by molar-refractivity contribution is 7.92. The van der Waals surface area contributed by atoms with Crippen LogP contribution in [0.1, 0.15) is 0 Å². The molecule has 0 radical (unpaired) electrons. The van der Waals surface area contributed by atoms with Crippen LogP contribution in [0.3, 0.4) is 0 Å². The summed E-state index contributed by atoms with van der Waals surface area (Å²) in [6, 6.07) is 2.89. The standard InChI is InChI=1S/C11H11ClN4O4S/c1-15-6-8(10(17)16(2)11(15)18)21(19,20)14-7-4-3-5-13-9(7)12/h3-6,14H,1-2H3. The summed E-state index contributed by atoms with van der Waals surface area (Å²) < 4.78 is 28.4. The van der Waals surface area contributed by atoms with Gasteiger partial charge in [0.25, 0.3) is 15.6 Å². The molecule has 2 aromatic heterocycles. The predicted molar refractivity (Wildman–Crippen MR) is 77.0 cm³/mol. The van der Waals surface area contributed by atoms with Gasteiger partial charge in [-0.05, 0) is 12.1 Å². The van der Waals surface area contributed by atoms with E-state index in [0.717, 1.165) is 10.8 Å². The van der Waals surface area contributed by atoms with Gasteiger partial charge < -0.3 is 4.57 Å². The van der Waals surface area contributed by atoms with E-state index in [2.05, 4.69) is 9.71 Å². The Kier molecular flexibility index (Phi) is 3.88. The first-order valence-electron chi connectivity index (χ1n) is 5.64. The lowest BCUT2D eigenvalue weighted by Crippen LogP contribution is -2.40. The number of nitrogens with zero attached hydrogens (tertiary/aromatic N) is 3. The molecule has 8 nitrogen and oxygen atoms in total. The number of halogens is 1. The van der Waals surface area contributed by atoms with Crippen molar-refractivity contribution in [1.29, 1.82) is 0 Å². The van der Waals surface area contributed by atoms with E-state index in [1.807, 2.05) is 0 Å². The van der Waals surface area contributed by atoms with Gasteiger partial charge in [-0.2, -0.15) is 0 Å². The Hall–Kier alpha value is -2.13. The minimum absolute atomic E-state index is 0.0371. The highest BCUT2D eigenvalue weighted by Crippen LogP contribution is 2.20. The molecule has 112 valence electrons. The van der Waals surface area contributed by atoms with E-state index in [9.17, 15) is 18.0 Å². The summed E-state index contributed by atoms with van der Waals surface area (Å²) in [6.07, 6.45) is 2.35. The van der Waals surface area contributed by atoms with Gasteiger partial charge in [0.05, 0.1) is 5.69 Å². The molecule has 0 saturated carbocycles. The number of rotatable bonds is 3. The highest BCUT2D eigenvalue weighted by atomic mass is 35.5. The van der Waals surface area contributed by atoms with E-state index >= 15 is 0 Å².